The van der Waals surface area contributed by atoms with Crippen LogP contribution in [0.3, 0.4) is 0 Å². The minimum atomic E-state index is -0.480. The average Bonchev–Trinajstić information content (AvgIpc) is 2.37. The monoisotopic (exact) mass is 272 g/mol. The van der Waals surface area contributed by atoms with E-state index in [1.54, 1.807) is 13.2 Å². The summed E-state index contributed by atoms with van der Waals surface area (Å²) in [5.74, 6) is 0.716. The first-order valence-corrected chi connectivity index (χ1v) is 5.79. The molecule has 0 aliphatic carbocycles. The molecule has 102 valence electrons. The Hall–Kier alpha value is -1.26. The number of methoxy groups -OCH3 is 1. The van der Waals surface area contributed by atoms with E-state index in [0.717, 1.165) is 6.42 Å². The van der Waals surface area contributed by atoms with Crippen LogP contribution >= 0.6 is 12.4 Å². The molecule has 0 aromatic heterocycles. The molecule has 1 aromatic carbocycles. The Bertz CT molecular complexity index is 385. The van der Waals surface area contributed by atoms with Gasteiger partial charge in [0.1, 0.15) is 5.75 Å². The van der Waals surface area contributed by atoms with Crippen molar-refractivity contribution >= 4 is 24.0 Å². The van der Waals surface area contributed by atoms with E-state index in [2.05, 4.69) is 5.32 Å². The van der Waals surface area contributed by atoms with Crippen molar-refractivity contribution in [1.29, 1.82) is 0 Å². The smallest absolute Gasteiger partial charge is 0.241 e. The number of carbonyl (C=O) groups is 1. The number of carbonyl (C=O) groups excluding carboxylic acids is 1. The van der Waals surface area contributed by atoms with Crippen LogP contribution in [-0.4, -0.2) is 19.1 Å². The van der Waals surface area contributed by atoms with Crippen molar-refractivity contribution in [3.05, 3.63) is 24.3 Å². The number of benzene rings is 1. The quantitative estimate of drug-likeness (QED) is 0.865. The zero-order chi connectivity index (χ0) is 12.8. The van der Waals surface area contributed by atoms with Gasteiger partial charge < -0.3 is 15.8 Å². The predicted octanol–water partition coefficient (Wildman–Crippen LogP) is 2.43. The number of nitrogens with two attached hydrogens (primary N) is 1. The van der Waals surface area contributed by atoms with Crippen LogP contribution in [0.25, 0.3) is 0 Å². The van der Waals surface area contributed by atoms with Crippen LogP contribution in [0.1, 0.15) is 20.3 Å². The largest absolute Gasteiger partial charge is 0.497 e. The molecule has 0 saturated carbocycles. The zero-order valence-electron chi connectivity index (χ0n) is 11.0. The van der Waals surface area contributed by atoms with Crippen molar-refractivity contribution in [3.8, 4) is 5.75 Å². The normalized spacial score (nSPS) is 13.1. The van der Waals surface area contributed by atoms with E-state index < -0.39 is 6.04 Å². The minimum absolute atomic E-state index is 0. The molecule has 18 heavy (non-hydrogen) atoms. The second kappa shape index (κ2) is 7.95. The van der Waals surface area contributed by atoms with Gasteiger partial charge in [-0.2, -0.15) is 0 Å². The topological polar surface area (TPSA) is 64.4 Å². The summed E-state index contributed by atoms with van der Waals surface area (Å²) < 4.78 is 5.08. The molecule has 0 heterocycles. The van der Waals surface area contributed by atoms with Gasteiger partial charge in [-0.25, -0.2) is 0 Å². The molecule has 0 fully saturated rings. The summed E-state index contributed by atoms with van der Waals surface area (Å²) in [5.41, 5.74) is 6.55. The Morgan fingerprint density at radius 1 is 1.50 bits per heavy atom. The third kappa shape index (κ3) is 4.55. The van der Waals surface area contributed by atoms with Crippen LogP contribution in [-0.2, 0) is 4.79 Å². The van der Waals surface area contributed by atoms with E-state index in [0.29, 0.717) is 11.4 Å². The molecule has 1 amide bonds. The first kappa shape index (κ1) is 16.7. The molecule has 0 spiro atoms. The molecule has 2 atom stereocenters. The molecule has 1 aromatic rings. The number of ether oxygens (including phenoxy) is 1. The predicted molar refractivity (Wildman–Crippen MR) is 76.3 cm³/mol. The number of hydrogen-bond acceptors (Lipinski definition) is 3. The maximum Gasteiger partial charge on any atom is 0.241 e. The van der Waals surface area contributed by atoms with Gasteiger partial charge in [0.25, 0.3) is 0 Å². The van der Waals surface area contributed by atoms with Crippen molar-refractivity contribution in [1.82, 2.24) is 0 Å². The summed E-state index contributed by atoms with van der Waals surface area (Å²) >= 11 is 0. The first-order chi connectivity index (χ1) is 8.08. The van der Waals surface area contributed by atoms with Gasteiger partial charge in [0.05, 0.1) is 13.2 Å². The maximum absolute atomic E-state index is 11.8. The van der Waals surface area contributed by atoms with Gasteiger partial charge in [-0.3, -0.25) is 4.79 Å². The molecule has 0 radical (unpaired) electrons. The SMILES string of the molecule is CCC(C)C(N)C(=O)Nc1cccc(OC)c1.Cl. The van der Waals surface area contributed by atoms with Crippen LogP contribution in [0.15, 0.2) is 24.3 Å². The Labute approximate surface area is 114 Å². The highest BCUT2D eigenvalue weighted by Gasteiger charge is 2.19. The molecule has 0 aliphatic rings. The molecule has 3 N–H and O–H groups in total. The second-order valence-corrected chi connectivity index (χ2v) is 4.13. The highest BCUT2D eigenvalue weighted by atomic mass is 35.5. The number of amides is 1. The molecular weight excluding hydrogens is 252 g/mol. The molecule has 0 saturated heterocycles. The Kier molecular flexibility index (Phi) is 7.39. The molecular formula is C13H21ClN2O2. The highest BCUT2D eigenvalue weighted by Crippen LogP contribution is 2.17. The molecule has 0 aliphatic heterocycles. The number of anilines is 1. The fourth-order valence-corrected chi connectivity index (χ4v) is 1.44. The van der Waals surface area contributed by atoms with Crippen molar-refractivity contribution in [2.45, 2.75) is 26.3 Å². The summed E-state index contributed by atoms with van der Waals surface area (Å²) in [6.45, 7) is 3.99. The molecule has 1 rings (SSSR count). The lowest BCUT2D eigenvalue weighted by molar-refractivity contribution is -0.118. The van der Waals surface area contributed by atoms with Crippen molar-refractivity contribution < 1.29 is 9.53 Å². The summed E-state index contributed by atoms with van der Waals surface area (Å²) in [6.07, 6.45) is 0.882. The van der Waals surface area contributed by atoms with E-state index in [9.17, 15) is 4.79 Å². The summed E-state index contributed by atoms with van der Waals surface area (Å²) in [5, 5.41) is 2.79. The third-order valence-corrected chi connectivity index (χ3v) is 2.90. The Morgan fingerprint density at radius 2 is 2.17 bits per heavy atom. The van der Waals surface area contributed by atoms with Gasteiger partial charge in [-0.1, -0.05) is 26.3 Å². The maximum atomic E-state index is 11.8. The molecule has 0 bridgehead atoms. The van der Waals surface area contributed by atoms with Gasteiger partial charge in [-0.15, -0.1) is 12.4 Å². The molecule has 5 heteroatoms. The van der Waals surface area contributed by atoms with E-state index in [-0.39, 0.29) is 24.2 Å². The van der Waals surface area contributed by atoms with Crippen molar-refractivity contribution in [2.75, 3.05) is 12.4 Å². The standard InChI is InChI=1S/C13H20N2O2.ClH/c1-4-9(2)12(14)13(16)15-10-6-5-7-11(8-10)17-3;/h5-9,12H,4,14H2,1-3H3,(H,15,16);1H. The fourth-order valence-electron chi connectivity index (χ4n) is 1.44. The van der Waals surface area contributed by atoms with Gasteiger partial charge >= 0.3 is 0 Å². The van der Waals surface area contributed by atoms with Gasteiger partial charge in [-0.05, 0) is 18.1 Å². The Morgan fingerprint density at radius 3 is 2.72 bits per heavy atom. The summed E-state index contributed by atoms with van der Waals surface area (Å²) in [4.78, 5) is 11.8. The van der Waals surface area contributed by atoms with Crippen LogP contribution < -0.4 is 15.8 Å². The van der Waals surface area contributed by atoms with Crippen LogP contribution in [0.4, 0.5) is 5.69 Å². The van der Waals surface area contributed by atoms with Crippen molar-refractivity contribution in [2.24, 2.45) is 11.7 Å². The average molecular weight is 273 g/mol. The third-order valence-electron chi connectivity index (χ3n) is 2.90. The van der Waals surface area contributed by atoms with E-state index >= 15 is 0 Å². The Balaban J connectivity index is 0.00000289. The fraction of sp³-hybridized carbons (Fsp3) is 0.462. The highest BCUT2D eigenvalue weighted by molar-refractivity contribution is 5.95. The van der Waals surface area contributed by atoms with E-state index in [1.807, 2.05) is 32.0 Å². The van der Waals surface area contributed by atoms with Crippen molar-refractivity contribution in [3.63, 3.8) is 0 Å². The van der Waals surface area contributed by atoms with Gasteiger partial charge in [0, 0.05) is 11.8 Å². The zero-order valence-corrected chi connectivity index (χ0v) is 11.8. The lowest BCUT2D eigenvalue weighted by Gasteiger charge is -2.17. The second-order valence-electron chi connectivity index (χ2n) is 4.13. The van der Waals surface area contributed by atoms with E-state index in [1.165, 1.54) is 0 Å². The number of nitrogens with one attached hydrogen (secondary N) is 1. The number of rotatable bonds is 5. The van der Waals surface area contributed by atoms with Gasteiger partial charge in [0.2, 0.25) is 5.91 Å². The first-order valence-electron chi connectivity index (χ1n) is 5.79. The summed E-state index contributed by atoms with van der Waals surface area (Å²) in [7, 11) is 1.59. The lowest BCUT2D eigenvalue weighted by Crippen LogP contribution is -2.40. The number of halogens is 1. The minimum Gasteiger partial charge on any atom is -0.497 e. The van der Waals surface area contributed by atoms with E-state index in [4.69, 9.17) is 10.5 Å². The lowest BCUT2D eigenvalue weighted by atomic mass is 9.99. The van der Waals surface area contributed by atoms with Crippen LogP contribution in [0.2, 0.25) is 0 Å². The van der Waals surface area contributed by atoms with Crippen LogP contribution in [0, 0.1) is 5.92 Å². The van der Waals surface area contributed by atoms with Gasteiger partial charge in [0.15, 0.2) is 0 Å². The summed E-state index contributed by atoms with van der Waals surface area (Å²) in [6, 6.07) is 6.74. The van der Waals surface area contributed by atoms with Crippen LogP contribution in [0.5, 0.6) is 5.75 Å². The molecule has 4 nitrogen and oxygen atoms in total. The number of hydrogen-bond donors (Lipinski definition) is 2. The molecule has 2 unspecified atom stereocenters.